The number of benzene rings is 3. The Labute approximate surface area is 209 Å². The minimum atomic E-state index is -0.554. The summed E-state index contributed by atoms with van der Waals surface area (Å²) in [6.07, 6.45) is 1.95. The van der Waals surface area contributed by atoms with Crippen LogP contribution in [-0.4, -0.2) is 48.3 Å². The Morgan fingerprint density at radius 1 is 1.17 bits per heavy atom. The van der Waals surface area contributed by atoms with E-state index in [4.69, 9.17) is 11.6 Å². The van der Waals surface area contributed by atoms with Gasteiger partial charge in [-0.25, -0.2) is 9.18 Å². The van der Waals surface area contributed by atoms with Crippen LogP contribution in [0.15, 0.2) is 66.7 Å². The van der Waals surface area contributed by atoms with Crippen LogP contribution < -0.4 is 10.2 Å². The van der Waals surface area contributed by atoms with Crippen LogP contribution >= 0.6 is 11.6 Å². The molecule has 0 aliphatic carbocycles. The summed E-state index contributed by atoms with van der Waals surface area (Å²) in [6, 6.07) is 20.8. The normalized spacial score (nSPS) is 15.5. The lowest BCUT2D eigenvalue weighted by Gasteiger charge is -2.28. The number of carbonyl (C=O) groups excluding carboxylic acids is 1. The van der Waals surface area contributed by atoms with Crippen molar-refractivity contribution in [3.8, 4) is 17.2 Å². The molecule has 180 valence electrons. The number of amides is 2. The summed E-state index contributed by atoms with van der Waals surface area (Å²) in [7, 11) is 0. The fourth-order valence-electron chi connectivity index (χ4n) is 4.34. The lowest BCUT2D eigenvalue weighted by molar-refractivity contribution is 0.161. The largest absolute Gasteiger partial charge is 0.395 e. The van der Waals surface area contributed by atoms with Crippen LogP contribution in [0.3, 0.4) is 0 Å². The van der Waals surface area contributed by atoms with E-state index in [1.807, 2.05) is 42.5 Å². The topological polar surface area (TPSA) is 79.6 Å². The standard InChI is InChI=1S/C27H26ClFN4O2/c28-25-16-22(8-11-26(25)29)31-27(35)33(14-13-32-12-2-5-24(32)18-34)23-9-6-20(7-10-23)21-4-1-3-19(15-21)17-30/h1,3-4,6-11,15-16,24,34H,2,5,12-14,18H2,(H,31,35)/t24-/m0/s1. The van der Waals surface area contributed by atoms with Crippen LogP contribution in [0.4, 0.5) is 20.6 Å². The van der Waals surface area contributed by atoms with Gasteiger partial charge in [0.05, 0.1) is 23.3 Å². The summed E-state index contributed by atoms with van der Waals surface area (Å²) in [6.45, 7) is 1.98. The molecular formula is C27H26ClFN4O2. The minimum Gasteiger partial charge on any atom is -0.395 e. The minimum absolute atomic E-state index is 0.0684. The van der Waals surface area contributed by atoms with E-state index in [1.54, 1.807) is 11.0 Å². The van der Waals surface area contributed by atoms with Gasteiger partial charge in [0.1, 0.15) is 5.82 Å². The highest BCUT2D eigenvalue weighted by Gasteiger charge is 2.25. The van der Waals surface area contributed by atoms with E-state index in [-0.39, 0.29) is 23.7 Å². The first-order chi connectivity index (χ1) is 17.0. The van der Waals surface area contributed by atoms with Crippen molar-refractivity contribution in [1.82, 2.24) is 4.90 Å². The maximum Gasteiger partial charge on any atom is 0.326 e. The molecule has 35 heavy (non-hydrogen) atoms. The van der Waals surface area contributed by atoms with Crippen LogP contribution in [0, 0.1) is 17.1 Å². The predicted molar refractivity (Wildman–Crippen MR) is 136 cm³/mol. The summed E-state index contributed by atoms with van der Waals surface area (Å²) in [4.78, 5) is 17.1. The molecule has 1 atom stereocenters. The maximum absolute atomic E-state index is 13.6. The van der Waals surface area contributed by atoms with E-state index in [9.17, 15) is 19.6 Å². The lowest BCUT2D eigenvalue weighted by atomic mass is 10.0. The molecule has 1 heterocycles. The summed E-state index contributed by atoms with van der Waals surface area (Å²) < 4.78 is 13.6. The van der Waals surface area contributed by atoms with Crippen molar-refractivity contribution in [2.24, 2.45) is 0 Å². The Hall–Kier alpha value is -3.44. The molecule has 0 unspecified atom stereocenters. The van der Waals surface area contributed by atoms with Crippen molar-refractivity contribution in [2.45, 2.75) is 18.9 Å². The molecule has 2 N–H and O–H groups in total. The summed E-state index contributed by atoms with van der Waals surface area (Å²) in [5.41, 5.74) is 3.50. The number of halogens is 2. The van der Waals surface area contributed by atoms with Gasteiger partial charge < -0.3 is 10.4 Å². The third-order valence-electron chi connectivity index (χ3n) is 6.24. The Bertz CT molecular complexity index is 1230. The monoisotopic (exact) mass is 492 g/mol. The Morgan fingerprint density at radius 2 is 1.97 bits per heavy atom. The van der Waals surface area contributed by atoms with Crippen molar-refractivity contribution in [1.29, 1.82) is 5.26 Å². The number of rotatable bonds is 7. The molecular weight excluding hydrogens is 467 g/mol. The highest BCUT2D eigenvalue weighted by Crippen LogP contribution is 2.26. The van der Waals surface area contributed by atoms with Crippen molar-refractivity contribution >= 4 is 29.0 Å². The number of hydrogen-bond donors (Lipinski definition) is 2. The van der Waals surface area contributed by atoms with Crippen LogP contribution in [0.1, 0.15) is 18.4 Å². The van der Waals surface area contributed by atoms with Gasteiger partial charge in [0, 0.05) is 30.5 Å². The molecule has 3 aromatic rings. The van der Waals surface area contributed by atoms with Gasteiger partial charge in [-0.3, -0.25) is 9.80 Å². The second-order valence-corrected chi connectivity index (χ2v) is 8.87. The van der Waals surface area contributed by atoms with E-state index in [0.717, 1.165) is 30.5 Å². The molecule has 1 fully saturated rings. The molecule has 3 aromatic carbocycles. The zero-order valence-corrected chi connectivity index (χ0v) is 19.9. The first-order valence-electron chi connectivity index (χ1n) is 11.5. The van der Waals surface area contributed by atoms with Gasteiger partial charge in [-0.1, -0.05) is 35.9 Å². The van der Waals surface area contributed by atoms with Gasteiger partial charge in [-0.2, -0.15) is 5.26 Å². The van der Waals surface area contributed by atoms with Crippen molar-refractivity contribution in [3.63, 3.8) is 0 Å². The zero-order chi connectivity index (χ0) is 24.8. The van der Waals surface area contributed by atoms with Crippen LogP contribution in [0.25, 0.3) is 11.1 Å². The zero-order valence-electron chi connectivity index (χ0n) is 19.1. The van der Waals surface area contributed by atoms with Crippen LogP contribution in [0.2, 0.25) is 5.02 Å². The van der Waals surface area contributed by atoms with E-state index >= 15 is 0 Å². The second kappa shape index (κ2) is 11.3. The molecule has 2 amide bonds. The fraction of sp³-hybridized carbons (Fsp3) is 0.259. The molecule has 4 rings (SSSR count). The Kier molecular flexibility index (Phi) is 7.98. The Balaban J connectivity index is 1.56. The summed E-state index contributed by atoms with van der Waals surface area (Å²) in [5.74, 6) is -0.554. The number of carbonyl (C=O) groups is 1. The first-order valence-corrected chi connectivity index (χ1v) is 11.9. The van der Waals surface area contributed by atoms with Gasteiger partial charge in [-0.15, -0.1) is 0 Å². The van der Waals surface area contributed by atoms with E-state index in [0.29, 0.717) is 30.0 Å². The van der Waals surface area contributed by atoms with Crippen LogP contribution in [0.5, 0.6) is 0 Å². The number of nitrogens with one attached hydrogen (secondary N) is 1. The second-order valence-electron chi connectivity index (χ2n) is 8.46. The van der Waals surface area contributed by atoms with E-state index in [1.165, 1.54) is 18.2 Å². The maximum atomic E-state index is 13.6. The number of aliphatic hydroxyl groups is 1. The number of likely N-dealkylation sites (tertiary alicyclic amines) is 1. The molecule has 0 aromatic heterocycles. The average molecular weight is 493 g/mol. The predicted octanol–water partition coefficient (Wildman–Crippen LogP) is 5.51. The molecule has 6 nitrogen and oxygen atoms in total. The van der Waals surface area contributed by atoms with Gasteiger partial charge >= 0.3 is 6.03 Å². The number of nitrogens with zero attached hydrogens (tertiary/aromatic N) is 3. The summed E-state index contributed by atoms with van der Waals surface area (Å²) in [5, 5.41) is 21.6. The smallest absolute Gasteiger partial charge is 0.326 e. The van der Waals surface area contributed by atoms with Gasteiger partial charge in [0.15, 0.2) is 0 Å². The molecule has 0 saturated carbocycles. The van der Waals surface area contributed by atoms with Crippen molar-refractivity contribution in [3.05, 3.63) is 83.1 Å². The van der Waals surface area contributed by atoms with E-state index in [2.05, 4.69) is 16.3 Å². The van der Waals surface area contributed by atoms with Crippen molar-refractivity contribution < 1.29 is 14.3 Å². The third-order valence-corrected chi connectivity index (χ3v) is 6.53. The quantitative estimate of drug-likeness (QED) is 0.455. The number of urea groups is 1. The number of nitriles is 1. The van der Waals surface area contributed by atoms with E-state index < -0.39 is 5.82 Å². The van der Waals surface area contributed by atoms with Gasteiger partial charge in [0.2, 0.25) is 0 Å². The highest BCUT2D eigenvalue weighted by atomic mass is 35.5. The highest BCUT2D eigenvalue weighted by molar-refractivity contribution is 6.31. The molecule has 0 spiro atoms. The molecule has 0 radical (unpaired) electrons. The number of anilines is 2. The fourth-order valence-corrected chi connectivity index (χ4v) is 4.52. The van der Waals surface area contributed by atoms with Crippen molar-refractivity contribution in [2.75, 3.05) is 36.5 Å². The average Bonchev–Trinajstić information content (AvgIpc) is 3.34. The van der Waals surface area contributed by atoms with Gasteiger partial charge in [-0.05, 0) is 73.0 Å². The molecule has 1 aliphatic heterocycles. The number of aliphatic hydroxyl groups excluding tert-OH is 1. The SMILES string of the molecule is N#Cc1cccc(-c2ccc(N(CCN3CCC[C@H]3CO)C(=O)Nc3ccc(F)c(Cl)c3)cc2)c1. The summed E-state index contributed by atoms with van der Waals surface area (Å²) >= 11 is 5.88. The Morgan fingerprint density at radius 3 is 2.69 bits per heavy atom. The molecule has 0 bridgehead atoms. The van der Waals surface area contributed by atoms with Gasteiger partial charge in [0.25, 0.3) is 0 Å². The molecule has 1 aliphatic rings. The number of hydrogen-bond acceptors (Lipinski definition) is 4. The molecule has 8 heteroatoms. The lowest BCUT2D eigenvalue weighted by Crippen LogP contribution is -2.43. The molecule has 1 saturated heterocycles. The van der Waals surface area contributed by atoms with Crippen LogP contribution in [-0.2, 0) is 0 Å². The first kappa shape index (κ1) is 24.7. The third kappa shape index (κ3) is 5.98.